The molecule has 1 amide bonds. The lowest BCUT2D eigenvalue weighted by Gasteiger charge is -2.20. The first-order valence-corrected chi connectivity index (χ1v) is 6.38. The van der Waals surface area contributed by atoms with Crippen LogP contribution in [0.2, 0.25) is 5.02 Å². The molecule has 6 nitrogen and oxygen atoms in total. The van der Waals surface area contributed by atoms with Gasteiger partial charge in [0.05, 0.1) is 10.7 Å². The normalized spacial score (nSPS) is 11.2. The number of aromatic nitrogens is 3. The van der Waals surface area contributed by atoms with Crippen molar-refractivity contribution in [3.63, 3.8) is 0 Å². The van der Waals surface area contributed by atoms with Gasteiger partial charge >= 0.3 is 6.09 Å². The highest BCUT2D eigenvalue weighted by Crippen LogP contribution is 2.28. The Kier molecular flexibility index (Phi) is 3.94. The molecule has 20 heavy (non-hydrogen) atoms. The highest BCUT2D eigenvalue weighted by molar-refractivity contribution is 6.33. The van der Waals surface area contributed by atoms with E-state index < -0.39 is 11.7 Å². The summed E-state index contributed by atoms with van der Waals surface area (Å²) in [6.45, 7) is 5.38. The van der Waals surface area contributed by atoms with Crippen LogP contribution in [0.1, 0.15) is 20.8 Å². The molecule has 0 fully saturated rings. The molecule has 0 spiro atoms. The van der Waals surface area contributed by atoms with E-state index in [-0.39, 0.29) is 0 Å². The summed E-state index contributed by atoms with van der Waals surface area (Å²) in [5.74, 6) is 0. The van der Waals surface area contributed by atoms with Crippen molar-refractivity contribution in [2.45, 2.75) is 26.4 Å². The summed E-state index contributed by atoms with van der Waals surface area (Å²) in [6.07, 6.45) is 2.34. The number of halogens is 1. The van der Waals surface area contributed by atoms with Gasteiger partial charge < -0.3 is 4.74 Å². The summed E-state index contributed by atoms with van der Waals surface area (Å²) in [4.78, 5) is 15.7. The van der Waals surface area contributed by atoms with Crippen LogP contribution in [0.15, 0.2) is 30.9 Å². The molecule has 0 saturated heterocycles. The summed E-state index contributed by atoms with van der Waals surface area (Å²) in [6, 6.07) is 5.15. The Hall–Kier alpha value is -2.08. The second-order valence-corrected chi connectivity index (χ2v) is 5.51. The molecule has 1 heterocycles. The molecule has 0 bridgehead atoms. The number of carbonyl (C=O) groups excluding carboxylic acids is 1. The van der Waals surface area contributed by atoms with Gasteiger partial charge in [-0.3, -0.25) is 5.32 Å². The topological polar surface area (TPSA) is 69.0 Å². The predicted octanol–water partition coefficient (Wildman–Crippen LogP) is 3.27. The van der Waals surface area contributed by atoms with Crippen LogP contribution >= 0.6 is 11.6 Å². The number of ether oxygens (including phenoxy) is 1. The van der Waals surface area contributed by atoms with Crippen molar-refractivity contribution in [2.75, 3.05) is 5.32 Å². The number of para-hydroxylation sites is 1. The minimum absolute atomic E-state index is 0.448. The summed E-state index contributed by atoms with van der Waals surface area (Å²) in [5, 5.41) is 7.13. The van der Waals surface area contributed by atoms with E-state index in [1.807, 2.05) is 0 Å². The van der Waals surface area contributed by atoms with Gasteiger partial charge in [0.1, 0.15) is 23.9 Å². The molecular weight excluding hydrogens is 280 g/mol. The highest BCUT2D eigenvalue weighted by Gasteiger charge is 2.18. The maximum Gasteiger partial charge on any atom is 0.412 e. The Labute approximate surface area is 121 Å². The second kappa shape index (κ2) is 5.50. The maximum atomic E-state index is 11.8. The van der Waals surface area contributed by atoms with Crippen molar-refractivity contribution in [1.29, 1.82) is 0 Å². The third kappa shape index (κ3) is 3.48. The van der Waals surface area contributed by atoms with E-state index in [2.05, 4.69) is 15.4 Å². The third-order valence-electron chi connectivity index (χ3n) is 2.27. The van der Waals surface area contributed by atoms with E-state index >= 15 is 0 Å². The van der Waals surface area contributed by atoms with Crippen LogP contribution in [0, 0.1) is 0 Å². The fraction of sp³-hybridized carbons (Fsp3) is 0.308. The number of rotatable bonds is 2. The molecular formula is C13H15ClN4O2. The van der Waals surface area contributed by atoms with Gasteiger partial charge in [0.2, 0.25) is 0 Å². The monoisotopic (exact) mass is 294 g/mol. The van der Waals surface area contributed by atoms with Crippen molar-refractivity contribution in [1.82, 2.24) is 14.8 Å². The zero-order valence-electron chi connectivity index (χ0n) is 11.4. The standard InChI is InChI=1S/C13H15ClN4O2/c1-13(2,3)20-12(19)17-10-6-4-5-9(14)11(10)18-8-15-7-16-18/h4-8H,1-3H3,(H,17,19). The van der Waals surface area contributed by atoms with Gasteiger partial charge in [0.25, 0.3) is 0 Å². The second-order valence-electron chi connectivity index (χ2n) is 5.10. The Morgan fingerprint density at radius 3 is 2.75 bits per heavy atom. The first-order valence-electron chi connectivity index (χ1n) is 6.00. The van der Waals surface area contributed by atoms with E-state index in [9.17, 15) is 4.79 Å². The highest BCUT2D eigenvalue weighted by atomic mass is 35.5. The largest absolute Gasteiger partial charge is 0.444 e. The Balaban J connectivity index is 2.29. The van der Waals surface area contributed by atoms with Crippen LogP contribution < -0.4 is 5.32 Å². The Morgan fingerprint density at radius 1 is 1.40 bits per heavy atom. The lowest BCUT2D eigenvalue weighted by molar-refractivity contribution is 0.0636. The molecule has 7 heteroatoms. The van der Waals surface area contributed by atoms with Gasteiger partial charge in [-0.15, -0.1) is 0 Å². The number of hydrogen-bond donors (Lipinski definition) is 1. The molecule has 0 saturated carbocycles. The van der Waals surface area contributed by atoms with E-state index in [1.54, 1.807) is 39.0 Å². The molecule has 0 aliphatic rings. The first-order chi connectivity index (χ1) is 9.37. The first kappa shape index (κ1) is 14.3. The number of hydrogen-bond acceptors (Lipinski definition) is 4. The SMILES string of the molecule is CC(C)(C)OC(=O)Nc1cccc(Cl)c1-n1cncn1. The smallest absolute Gasteiger partial charge is 0.412 e. The molecule has 1 aromatic heterocycles. The lowest BCUT2D eigenvalue weighted by atomic mass is 10.2. The molecule has 0 aliphatic carbocycles. The summed E-state index contributed by atoms with van der Waals surface area (Å²) >= 11 is 6.16. The minimum atomic E-state index is -0.573. The van der Waals surface area contributed by atoms with Crippen molar-refractivity contribution in [3.05, 3.63) is 35.9 Å². The van der Waals surface area contributed by atoms with Crippen molar-refractivity contribution < 1.29 is 9.53 Å². The predicted molar refractivity (Wildman–Crippen MR) is 76.2 cm³/mol. The molecule has 1 aromatic carbocycles. The molecule has 1 N–H and O–H groups in total. The molecule has 0 radical (unpaired) electrons. The average molecular weight is 295 g/mol. The van der Waals surface area contributed by atoms with Crippen LogP contribution in [0.3, 0.4) is 0 Å². The van der Waals surface area contributed by atoms with E-state index in [1.165, 1.54) is 17.3 Å². The molecule has 2 aromatic rings. The molecule has 0 unspecified atom stereocenters. The van der Waals surface area contributed by atoms with E-state index in [0.717, 1.165) is 0 Å². The number of nitrogens with zero attached hydrogens (tertiary/aromatic N) is 3. The van der Waals surface area contributed by atoms with Crippen LogP contribution in [0.4, 0.5) is 10.5 Å². The number of benzene rings is 1. The van der Waals surface area contributed by atoms with Gasteiger partial charge in [0, 0.05) is 0 Å². The van der Waals surface area contributed by atoms with Gasteiger partial charge in [-0.05, 0) is 32.9 Å². The van der Waals surface area contributed by atoms with Crippen LogP contribution in [-0.4, -0.2) is 26.5 Å². The molecule has 0 aliphatic heterocycles. The third-order valence-corrected chi connectivity index (χ3v) is 2.58. The van der Waals surface area contributed by atoms with Crippen LogP contribution in [0.5, 0.6) is 0 Å². The number of amides is 1. The number of nitrogens with one attached hydrogen (secondary N) is 1. The maximum absolute atomic E-state index is 11.8. The van der Waals surface area contributed by atoms with Gasteiger partial charge in [-0.2, -0.15) is 5.10 Å². The van der Waals surface area contributed by atoms with Gasteiger partial charge in [-0.1, -0.05) is 17.7 Å². The van der Waals surface area contributed by atoms with E-state index in [0.29, 0.717) is 16.4 Å². The Morgan fingerprint density at radius 2 is 2.15 bits per heavy atom. The quantitative estimate of drug-likeness (QED) is 0.923. The van der Waals surface area contributed by atoms with Crippen molar-refractivity contribution in [2.24, 2.45) is 0 Å². The van der Waals surface area contributed by atoms with Crippen molar-refractivity contribution >= 4 is 23.4 Å². The Bertz CT molecular complexity index is 605. The van der Waals surface area contributed by atoms with Gasteiger partial charge in [-0.25, -0.2) is 14.5 Å². The minimum Gasteiger partial charge on any atom is -0.444 e. The fourth-order valence-corrected chi connectivity index (χ4v) is 1.85. The van der Waals surface area contributed by atoms with E-state index in [4.69, 9.17) is 16.3 Å². The average Bonchev–Trinajstić information content (AvgIpc) is 2.79. The number of carbonyl (C=O) groups is 1. The zero-order valence-corrected chi connectivity index (χ0v) is 12.2. The van der Waals surface area contributed by atoms with Crippen molar-refractivity contribution in [3.8, 4) is 5.69 Å². The zero-order chi connectivity index (χ0) is 14.8. The fourth-order valence-electron chi connectivity index (χ4n) is 1.59. The van der Waals surface area contributed by atoms with Crippen LogP contribution in [-0.2, 0) is 4.74 Å². The lowest BCUT2D eigenvalue weighted by Crippen LogP contribution is -2.27. The molecule has 0 atom stereocenters. The van der Waals surface area contributed by atoms with Gasteiger partial charge in [0.15, 0.2) is 0 Å². The molecule has 106 valence electrons. The summed E-state index contributed by atoms with van der Waals surface area (Å²) in [5.41, 5.74) is 0.463. The summed E-state index contributed by atoms with van der Waals surface area (Å²) in [7, 11) is 0. The van der Waals surface area contributed by atoms with Crippen LogP contribution in [0.25, 0.3) is 5.69 Å². The molecule has 2 rings (SSSR count). The number of anilines is 1. The summed E-state index contributed by atoms with van der Waals surface area (Å²) < 4.78 is 6.70.